The van der Waals surface area contributed by atoms with Gasteiger partial charge in [-0.1, -0.05) is 40.2 Å². The molecule has 1 unspecified atom stereocenters. The van der Waals surface area contributed by atoms with Crippen molar-refractivity contribution in [3.05, 3.63) is 52.5 Å². The van der Waals surface area contributed by atoms with Crippen LogP contribution in [-0.2, 0) is 0 Å². The highest BCUT2D eigenvalue weighted by atomic mass is 79.9. The molecule has 0 fully saturated rings. The van der Waals surface area contributed by atoms with Gasteiger partial charge in [-0.25, -0.2) is 0 Å². The number of rotatable bonds is 2. The Bertz CT molecular complexity index is 537. The van der Waals surface area contributed by atoms with Gasteiger partial charge >= 0.3 is 0 Å². The summed E-state index contributed by atoms with van der Waals surface area (Å²) in [6.07, 6.45) is 0. The first kappa shape index (κ1) is 12.1. The molecule has 2 aromatic rings. The van der Waals surface area contributed by atoms with Crippen molar-refractivity contribution in [1.82, 2.24) is 0 Å². The maximum atomic E-state index is 9.82. The Labute approximate surface area is 109 Å². The van der Waals surface area contributed by atoms with Crippen LogP contribution in [0.3, 0.4) is 0 Å². The first-order chi connectivity index (χ1) is 8.09. The second kappa shape index (κ2) is 4.90. The molecule has 2 aromatic carbocycles. The molecule has 0 amide bonds. The Morgan fingerprint density at radius 2 is 1.88 bits per heavy atom. The number of phenols is 1. The van der Waals surface area contributed by atoms with Crippen molar-refractivity contribution >= 4 is 15.9 Å². The van der Waals surface area contributed by atoms with Crippen LogP contribution in [-0.4, -0.2) is 5.11 Å². The lowest BCUT2D eigenvalue weighted by Crippen LogP contribution is -2.05. The molecule has 3 heteroatoms. The van der Waals surface area contributed by atoms with Crippen molar-refractivity contribution in [1.29, 1.82) is 0 Å². The van der Waals surface area contributed by atoms with E-state index in [2.05, 4.69) is 15.9 Å². The van der Waals surface area contributed by atoms with E-state index in [-0.39, 0.29) is 11.8 Å². The summed E-state index contributed by atoms with van der Waals surface area (Å²) in [5, 5.41) is 9.82. The average molecular weight is 292 g/mol. The zero-order valence-electron chi connectivity index (χ0n) is 9.52. The lowest BCUT2D eigenvalue weighted by molar-refractivity contribution is 0.477. The number of aromatic hydroxyl groups is 1. The maximum Gasteiger partial charge on any atom is 0.123 e. The zero-order chi connectivity index (χ0) is 12.4. The predicted molar refractivity (Wildman–Crippen MR) is 73.8 cm³/mol. The smallest absolute Gasteiger partial charge is 0.123 e. The molecular weight excluding hydrogens is 278 g/mol. The minimum atomic E-state index is -0.0461. The van der Waals surface area contributed by atoms with Gasteiger partial charge in [0.1, 0.15) is 5.75 Å². The van der Waals surface area contributed by atoms with Crippen molar-refractivity contribution in [3.63, 3.8) is 0 Å². The third kappa shape index (κ3) is 2.51. The van der Waals surface area contributed by atoms with Gasteiger partial charge in [0.2, 0.25) is 0 Å². The molecule has 0 saturated heterocycles. The van der Waals surface area contributed by atoms with Crippen LogP contribution in [0.25, 0.3) is 11.1 Å². The van der Waals surface area contributed by atoms with Crippen LogP contribution in [0.15, 0.2) is 46.9 Å². The van der Waals surface area contributed by atoms with Gasteiger partial charge < -0.3 is 10.8 Å². The Hall–Kier alpha value is -1.32. The Morgan fingerprint density at radius 3 is 2.53 bits per heavy atom. The first-order valence-electron chi connectivity index (χ1n) is 5.43. The van der Waals surface area contributed by atoms with Crippen LogP contribution in [0.4, 0.5) is 0 Å². The van der Waals surface area contributed by atoms with Crippen LogP contribution >= 0.6 is 15.9 Å². The molecule has 0 aliphatic heterocycles. The molecule has 17 heavy (non-hydrogen) atoms. The molecule has 1 atom stereocenters. The topological polar surface area (TPSA) is 46.2 Å². The lowest BCUT2D eigenvalue weighted by Gasteiger charge is -2.11. The van der Waals surface area contributed by atoms with Crippen LogP contribution in [0.1, 0.15) is 18.5 Å². The SMILES string of the molecule is CC(N)c1cc(-c2ccccc2O)ccc1Br. The third-order valence-electron chi connectivity index (χ3n) is 2.70. The van der Waals surface area contributed by atoms with E-state index >= 15 is 0 Å². The van der Waals surface area contributed by atoms with Crippen molar-refractivity contribution in [2.24, 2.45) is 5.73 Å². The Balaban J connectivity index is 2.54. The Kier molecular flexibility index (Phi) is 3.50. The van der Waals surface area contributed by atoms with E-state index in [1.807, 2.05) is 43.3 Å². The Morgan fingerprint density at radius 1 is 1.18 bits per heavy atom. The molecule has 0 aromatic heterocycles. The molecule has 0 radical (unpaired) electrons. The third-order valence-corrected chi connectivity index (χ3v) is 3.42. The average Bonchev–Trinajstić information content (AvgIpc) is 2.30. The molecular formula is C14H14BrNO. The largest absolute Gasteiger partial charge is 0.507 e. The fraction of sp³-hybridized carbons (Fsp3) is 0.143. The summed E-state index contributed by atoms with van der Waals surface area (Å²) >= 11 is 3.48. The van der Waals surface area contributed by atoms with E-state index in [9.17, 15) is 5.11 Å². The molecule has 0 spiro atoms. The number of hydrogen-bond acceptors (Lipinski definition) is 2. The van der Waals surface area contributed by atoms with Crippen LogP contribution in [0, 0.1) is 0 Å². The minimum absolute atomic E-state index is 0.0461. The summed E-state index contributed by atoms with van der Waals surface area (Å²) < 4.78 is 0.992. The van der Waals surface area contributed by atoms with Crippen LogP contribution < -0.4 is 5.73 Å². The fourth-order valence-corrected chi connectivity index (χ4v) is 2.39. The summed E-state index contributed by atoms with van der Waals surface area (Å²) in [6, 6.07) is 13.2. The lowest BCUT2D eigenvalue weighted by atomic mass is 10.00. The van der Waals surface area contributed by atoms with Gasteiger partial charge in [-0.2, -0.15) is 0 Å². The van der Waals surface area contributed by atoms with Crippen LogP contribution in [0.2, 0.25) is 0 Å². The number of para-hydroxylation sites is 1. The number of phenolic OH excluding ortho intramolecular Hbond substituents is 1. The van der Waals surface area contributed by atoms with Gasteiger partial charge in [-0.3, -0.25) is 0 Å². The maximum absolute atomic E-state index is 9.82. The van der Waals surface area contributed by atoms with Crippen molar-refractivity contribution in [2.45, 2.75) is 13.0 Å². The first-order valence-corrected chi connectivity index (χ1v) is 6.22. The molecule has 3 N–H and O–H groups in total. The quantitative estimate of drug-likeness (QED) is 0.883. The number of benzene rings is 2. The highest BCUT2D eigenvalue weighted by Crippen LogP contribution is 2.32. The van der Waals surface area contributed by atoms with Crippen molar-refractivity contribution in [3.8, 4) is 16.9 Å². The minimum Gasteiger partial charge on any atom is -0.507 e. The number of halogens is 1. The molecule has 2 nitrogen and oxygen atoms in total. The fourth-order valence-electron chi connectivity index (χ4n) is 1.78. The second-order valence-corrected chi connectivity index (χ2v) is 4.90. The predicted octanol–water partition coefficient (Wildman–Crippen LogP) is 3.84. The van der Waals surface area contributed by atoms with E-state index < -0.39 is 0 Å². The summed E-state index contributed by atoms with van der Waals surface area (Å²) in [6.45, 7) is 1.94. The zero-order valence-corrected chi connectivity index (χ0v) is 11.1. The van der Waals surface area contributed by atoms with Gasteiger partial charge in [-0.05, 0) is 36.2 Å². The van der Waals surface area contributed by atoms with E-state index in [0.29, 0.717) is 0 Å². The number of hydrogen-bond donors (Lipinski definition) is 2. The molecule has 0 aliphatic rings. The van der Waals surface area contributed by atoms with Gasteiger partial charge in [0.05, 0.1) is 0 Å². The van der Waals surface area contributed by atoms with E-state index in [4.69, 9.17) is 5.73 Å². The van der Waals surface area contributed by atoms with Gasteiger partial charge in [0.15, 0.2) is 0 Å². The highest BCUT2D eigenvalue weighted by Gasteiger charge is 2.09. The van der Waals surface area contributed by atoms with Crippen LogP contribution in [0.5, 0.6) is 5.75 Å². The monoisotopic (exact) mass is 291 g/mol. The van der Waals surface area contributed by atoms with E-state index in [1.54, 1.807) is 6.07 Å². The highest BCUT2D eigenvalue weighted by molar-refractivity contribution is 9.10. The molecule has 0 saturated carbocycles. The van der Waals surface area contributed by atoms with Gasteiger partial charge in [0.25, 0.3) is 0 Å². The van der Waals surface area contributed by atoms with E-state index in [1.165, 1.54) is 0 Å². The van der Waals surface area contributed by atoms with E-state index in [0.717, 1.165) is 21.2 Å². The summed E-state index contributed by atoms with van der Waals surface area (Å²) in [7, 11) is 0. The van der Waals surface area contributed by atoms with Crippen molar-refractivity contribution in [2.75, 3.05) is 0 Å². The summed E-state index contributed by atoms with van der Waals surface area (Å²) in [5.41, 5.74) is 8.73. The molecule has 0 bridgehead atoms. The van der Waals surface area contributed by atoms with Gasteiger partial charge in [0, 0.05) is 16.1 Å². The molecule has 88 valence electrons. The summed E-state index contributed by atoms with van der Waals surface area (Å²) in [5.74, 6) is 0.283. The normalized spacial score (nSPS) is 12.4. The number of nitrogens with two attached hydrogens (primary N) is 1. The molecule has 2 rings (SSSR count). The van der Waals surface area contributed by atoms with Gasteiger partial charge in [-0.15, -0.1) is 0 Å². The second-order valence-electron chi connectivity index (χ2n) is 4.04. The summed E-state index contributed by atoms with van der Waals surface area (Å²) in [4.78, 5) is 0. The van der Waals surface area contributed by atoms with Crippen molar-refractivity contribution < 1.29 is 5.11 Å². The molecule has 0 heterocycles. The standard InChI is InChI=1S/C14H14BrNO/c1-9(16)12-8-10(6-7-13(12)15)11-4-2-3-5-14(11)17/h2-9,17H,16H2,1H3. The molecule has 0 aliphatic carbocycles.